The normalized spacial score (nSPS) is 19.9. The van der Waals surface area contributed by atoms with Gasteiger partial charge in [-0.05, 0) is 136 Å². The number of alkyl halides is 6. The van der Waals surface area contributed by atoms with Crippen molar-refractivity contribution in [3.05, 3.63) is 148 Å². The van der Waals surface area contributed by atoms with Crippen molar-refractivity contribution < 1.29 is 35.9 Å². The molecule has 69 heavy (non-hydrogen) atoms. The van der Waals surface area contributed by atoms with E-state index in [2.05, 4.69) is 39.5 Å². The van der Waals surface area contributed by atoms with Crippen LogP contribution in [0.2, 0.25) is 0 Å². The number of aryl methyl sites for hydroxylation is 3. The van der Waals surface area contributed by atoms with Gasteiger partial charge < -0.3 is 20.4 Å². The summed E-state index contributed by atoms with van der Waals surface area (Å²) < 4.78 is 81.5. The van der Waals surface area contributed by atoms with E-state index in [1.165, 1.54) is 12.1 Å². The summed E-state index contributed by atoms with van der Waals surface area (Å²) in [6.07, 6.45) is -0.995. The van der Waals surface area contributed by atoms with Crippen LogP contribution >= 0.6 is 0 Å². The zero-order valence-electron chi connectivity index (χ0n) is 39.1. The Bertz CT molecular complexity index is 2780. The fraction of sp³-hybridized carbons (Fsp3) is 0.385. The van der Waals surface area contributed by atoms with Gasteiger partial charge in [-0.15, -0.1) is 0 Å². The van der Waals surface area contributed by atoms with E-state index >= 15 is 0 Å². The van der Waals surface area contributed by atoms with Crippen LogP contribution in [0.4, 0.5) is 38.0 Å². The highest BCUT2D eigenvalue weighted by Gasteiger charge is 2.40. The van der Waals surface area contributed by atoms with Crippen LogP contribution in [0.15, 0.2) is 104 Å². The number of carbonyl (C=O) groups excluding carboxylic acids is 2. The van der Waals surface area contributed by atoms with Gasteiger partial charge in [0.15, 0.2) is 0 Å². The Balaban J connectivity index is 1.04. The van der Waals surface area contributed by atoms with Gasteiger partial charge in [-0.3, -0.25) is 14.6 Å². The Hall–Kier alpha value is -6.78. The summed E-state index contributed by atoms with van der Waals surface area (Å²) >= 11 is 0. The Labute approximate surface area is 397 Å². The molecule has 362 valence electrons. The number of nitrogens with one attached hydrogen (secondary N) is 2. The Morgan fingerprint density at radius 2 is 1.29 bits per heavy atom. The van der Waals surface area contributed by atoms with Crippen molar-refractivity contribution in [3.8, 4) is 16.8 Å². The van der Waals surface area contributed by atoms with E-state index in [-0.39, 0.29) is 48.0 Å². The number of halogens is 6. The van der Waals surface area contributed by atoms with Crippen LogP contribution in [0.25, 0.3) is 16.8 Å². The minimum Gasteiger partial charge on any atom is -0.368 e. The second-order valence-corrected chi connectivity index (χ2v) is 18.5. The van der Waals surface area contributed by atoms with Crippen molar-refractivity contribution >= 4 is 23.5 Å². The van der Waals surface area contributed by atoms with Gasteiger partial charge in [0.1, 0.15) is 11.6 Å². The number of hydrogen-bond acceptors (Lipinski definition) is 8. The molecule has 2 N–H and O–H groups in total. The molecule has 2 amide bonds. The number of hydrogen-bond donors (Lipinski definition) is 2. The molecule has 6 heterocycles. The van der Waals surface area contributed by atoms with E-state index in [9.17, 15) is 35.9 Å². The van der Waals surface area contributed by atoms with Gasteiger partial charge in [-0.2, -0.15) is 31.4 Å². The molecule has 0 radical (unpaired) electrons. The van der Waals surface area contributed by atoms with Crippen molar-refractivity contribution in [2.75, 3.05) is 36.8 Å². The molecule has 0 aliphatic carbocycles. The van der Waals surface area contributed by atoms with Gasteiger partial charge in [-0.1, -0.05) is 43.2 Å². The van der Waals surface area contributed by atoms with Crippen LogP contribution in [0, 0.1) is 38.5 Å². The zero-order chi connectivity index (χ0) is 49.2. The van der Waals surface area contributed by atoms with Crippen LogP contribution in [0.5, 0.6) is 0 Å². The van der Waals surface area contributed by atoms with Crippen molar-refractivity contribution in [1.29, 1.82) is 0 Å². The number of pyridine rings is 3. The SMILES string of the molecule is Cc1ccc(-c2ccnc(CC3CCN(C(=O)c4cc(C)ccc4-n4ccc(C)n4)C(CNc4ccc(C(F)(F)F)cn4)C3C)c2)c(C(=O)N2CCCC(C)C2CNc2ccc(C(F)(F)F)cn2)c1. The average Bonchev–Trinajstić information content (AvgIpc) is 3.76. The van der Waals surface area contributed by atoms with E-state index in [1.807, 2.05) is 91.4 Å². The molecule has 5 unspecified atom stereocenters. The summed E-state index contributed by atoms with van der Waals surface area (Å²) in [7, 11) is 0. The first kappa shape index (κ1) is 48.7. The molecule has 5 atom stereocenters. The predicted molar refractivity (Wildman–Crippen MR) is 252 cm³/mol. The quantitative estimate of drug-likeness (QED) is 0.116. The van der Waals surface area contributed by atoms with Crippen LogP contribution < -0.4 is 10.6 Å². The number of benzene rings is 2. The summed E-state index contributed by atoms with van der Waals surface area (Å²) in [5.41, 5.74) is 4.91. The number of amides is 2. The van der Waals surface area contributed by atoms with E-state index in [1.54, 1.807) is 10.9 Å². The van der Waals surface area contributed by atoms with Gasteiger partial charge >= 0.3 is 12.4 Å². The van der Waals surface area contributed by atoms with Gasteiger partial charge in [0.2, 0.25) is 0 Å². The third kappa shape index (κ3) is 11.1. The standard InChI is InChI=1S/C52H55F6N9O2/c1-31-8-12-41(42(23-31)49(68)65-20-6-7-33(3)45(65)29-62-47-14-10-38(27-60-47)51(53,54)55)37-16-19-59-40(26-37)25-36-18-21-66(46(35(36)5)30-63-48-15-11-39(28-61-48)52(56,57)58)50(69)43-24-32(2)9-13-44(43)67-22-17-34(4)64-67/h8-17,19,22-24,26-28,33,35-36,45-46H,6-7,18,20-21,25,29-30H2,1-5H3,(H,60,62)(H,61,63). The first-order valence-corrected chi connectivity index (χ1v) is 23.2. The number of carbonyl (C=O) groups is 2. The van der Waals surface area contributed by atoms with E-state index < -0.39 is 29.5 Å². The summed E-state index contributed by atoms with van der Waals surface area (Å²) in [6.45, 7) is 11.3. The predicted octanol–water partition coefficient (Wildman–Crippen LogP) is 10.9. The number of nitrogens with zero attached hydrogens (tertiary/aromatic N) is 7. The highest BCUT2D eigenvalue weighted by molar-refractivity contribution is 6.01. The largest absolute Gasteiger partial charge is 0.417 e. The molecule has 2 fully saturated rings. The molecule has 0 bridgehead atoms. The van der Waals surface area contributed by atoms with Crippen molar-refractivity contribution in [2.45, 2.75) is 84.7 Å². The molecule has 6 aromatic rings. The zero-order valence-corrected chi connectivity index (χ0v) is 39.1. The van der Waals surface area contributed by atoms with E-state index in [4.69, 9.17) is 4.98 Å². The van der Waals surface area contributed by atoms with Crippen LogP contribution in [-0.4, -0.2) is 84.6 Å². The molecular weight excluding hydrogens is 897 g/mol. The van der Waals surface area contributed by atoms with E-state index in [0.717, 1.165) is 71.0 Å². The second-order valence-electron chi connectivity index (χ2n) is 18.5. The van der Waals surface area contributed by atoms with E-state index in [0.29, 0.717) is 55.1 Å². The number of piperidine rings is 2. The number of rotatable bonds is 12. The van der Waals surface area contributed by atoms with Crippen LogP contribution in [0.1, 0.15) is 87.5 Å². The minimum absolute atomic E-state index is 0.0382. The molecule has 2 saturated heterocycles. The van der Waals surface area contributed by atoms with Crippen molar-refractivity contribution in [2.24, 2.45) is 17.8 Å². The lowest BCUT2D eigenvalue weighted by molar-refractivity contribution is -0.138. The lowest BCUT2D eigenvalue weighted by atomic mass is 9.77. The van der Waals surface area contributed by atoms with Gasteiger partial charge in [0, 0.05) is 62.2 Å². The average molecular weight is 952 g/mol. The summed E-state index contributed by atoms with van der Waals surface area (Å²) in [5.74, 6) is 0.247. The summed E-state index contributed by atoms with van der Waals surface area (Å²) in [6, 6.07) is 21.1. The minimum atomic E-state index is -4.53. The number of aromatic nitrogens is 5. The molecule has 4 aromatic heterocycles. The lowest BCUT2D eigenvalue weighted by Gasteiger charge is -2.44. The lowest BCUT2D eigenvalue weighted by Crippen LogP contribution is -2.54. The molecule has 2 aliphatic rings. The third-order valence-electron chi connectivity index (χ3n) is 13.7. The molecule has 2 aliphatic heterocycles. The smallest absolute Gasteiger partial charge is 0.368 e. The maximum atomic E-state index is 14.8. The highest BCUT2D eigenvalue weighted by Crippen LogP contribution is 2.37. The fourth-order valence-electron chi connectivity index (χ4n) is 9.72. The molecule has 11 nitrogen and oxygen atoms in total. The van der Waals surface area contributed by atoms with Crippen molar-refractivity contribution in [1.82, 2.24) is 34.5 Å². The fourth-order valence-corrected chi connectivity index (χ4v) is 9.72. The first-order valence-electron chi connectivity index (χ1n) is 23.2. The summed E-state index contributed by atoms with van der Waals surface area (Å²) in [5, 5.41) is 11.0. The monoisotopic (exact) mass is 951 g/mol. The second kappa shape index (κ2) is 20.1. The number of anilines is 2. The highest BCUT2D eigenvalue weighted by atomic mass is 19.4. The Kier molecular flexibility index (Phi) is 14.1. The van der Waals surface area contributed by atoms with Gasteiger partial charge in [0.05, 0.1) is 40.2 Å². The molecule has 2 aromatic carbocycles. The van der Waals surface area contributed by atoms with Gasteiger partial charge in [0.25, 0.3) is 11.8 Å². The van der Waals surface area contributed by atoms with Crippen molar-refractivity contribution in [3.63, 3.8) is 0 Å². The number of likely N-dealkylation sites (tertiary alicyclic amines) is 2. The van der Waals surface area contributed by atoms with Crippen LogP contribution in [0.3, 0.4) is 0 Å². The third-order valence-corrected chi connectivity index (χ3v) is 13.7. The van der Waals surface area contributed by atoms with Crippen LogP contribution in [-0.2, 0) is 18.8 Å². The Morgan fingerprint density at radius 1 is 0.681 bits per heavy atom. The molecule has 8 rings (SSSR count). The van der Waals surface area contributed by atoms with Gasteiger partial charge in [-0.25, -0.2) is 14.6 Å². The maximum Gasteiger partial charge on any atom is 0.417 e. The topological polar surface area (TPSA) is 121 Å². The molecule has 17 heteroatoms. The maximum absolute atomic E-state index is 14.8. The molecule has 0 saturated carbocycles. The first-order chi connectivity index (χ1) is 32.8. The Morgan fingerprint density at radius 3 is 1.90 bits per heavy atom. The summed E-state index contributed by atoms with van der Waals surface area (Å²) in [4.78, 5) is 46.1. The molecular formula is C52H55F6N9O2. The molecule has 0 spiro atoms.